The Hall–Kier alpha value is -3.42. The van der Waals surface area contributed by atoms with E-state index in [1.54, 1.807) is 36.3 Å². The van der Waals surface area contributed by atoms with Crippen molar-refractivity contribution in [3.05, 3.63) is 42.0 Å². The van der Waals surface area contributed by atoms with Crippen LogP contribution in [-0.2, 0) is 16.1 Å². The van der Waals surface area contributed by atoms with E-state index in [0.29, 0.717) is 29.5 Å². The van der Waals surface area contributed by atoms with Crippen LogP contribution in [0.15, 0.2) is 36.4 Å². The molecule has 1 saturated heterocycles. The minimum Gasteiger partial charge on any atom is -0.497 e. The van der Waals surface area contributed by atoms with E-state index in [4.69, 9.17) is 18.9 Å². The van der Waals surface area contributed by atoms with E-state index in [2.05, 4.69) is 5.32 Å². The predicted octanol–water partition coefficient (Wildman–Crippen LogP) is 2.39. The van der Waals surface area contributed by atoms with Gasteiger partial charge in [0.15, 0.2) is 11.5 Å². The van der Waals surface area contributed by atoms with Crippen molar-refractivity contribution in [2.75, 3.05) is 39.9 Å². The minimum absolute atomic E-state index is 0.0758. The Morgan fingerprint density at radius 1 is 1.00 bits per heavy atom. The van der Waals surface area contributed by atoms with Crippen LogP contribution >= 0.6 is 0 Å². The first kappa shape index (κ1) is 21.3. The first-order valence-electron chi connectivity index (χ1n) is 9.51. The molecule has 8 nitrogen and oxygen atoms in total. The quantitative estimate of drug-likeness (QED) is 0.714. The van der Waals surface area contributed by atoms with Gasteiger partial charge in [-0.3, -0.25) is 9.59 Å². The third kappa shape index (κ3) is 4.42. The summed E-state index contributed by atoms with van der Waals surface area (Å²) in [5, 5.41) is 2.90. The van der Waals surface area contributed by atoms with Crippen LogP contribution in [0.1, 0.15) is 12.0 Å². The molecule has 0 bridgehead atoms. The van der Waals surface area contributed by atoms with Gasteiger partial charge < -0.3 is 29.2 Å². The van der Waals surface area contributed by atoms with Crippen LogP contribution in [0.25, 0.3) is 0 Å². The highest BCUT2D eigenvalue weighted by Gasteiger charge is 2.35. The van der Waals surface area contributed by atoms with Crippen LogP contribution in [0, 0.1) is 5.92 Å². The van der Waals surface area contributed by atoms with Gasteiger partial charge in [-0.2, -0.15) is 0 Å². The van der Waals surface area contributed by atoms with E-state index < -0.39 is 5.92 Å². The van der Waals surface area contributed by atoms with Crippen molar-refractivity contribution < 1.29 is 28.5 Å². The lowest BCUT2D eigenvalue weighted by molar-refractivity contribution is -0.126. The van der Waals surface area contributed by atoms with Crippen molar-refractivity contribution >= 4 is 17.5 Å². The van der Waals surface area contributed by atoms with Crippen molar-refractivity contribution in [2.24, 2.45) is 5.92 Å². The van der Waals surface area contributed by atoms with E-state index in [-0.39, 0.29) is 24.8 Å². The Labute approximate surface area is 175 Å². The number of carbonyl (C=O) groups is 2. The topological polar surface area (TPSA) is 86.3 Å². The van der Waals surface area contributed by atoms with Crippen LogP contribution in [0.3, 0.4) is 0 Å². The van der Waals surface area contributed by atoms with Crippen molar-refractivity contribution in [3.63, 3.8) is 0 Å². The zero-order valence-electron chi connectivity index (χ0n) is 17.6. The fraction of sp³-hybridized carbons (Fsp3) is 0.364. The smallest absolute Gasteiger partial charge is 0.227 e. The molecule has 0 saturated carbocycles. The van der Waals surface area contributed by atoms with Gasteiger partial charge in [-0.15, -0.1) is 0 Å². The molecule has 2 aromatic carbocycles. The van der Waals surface area contributed by atoms with Crippen LogP contribution in [0.2, 0.25) is 0 Å². The number of methoxy groups -OCH3 is 4. The van der Waals surface area contributed by atoms with E-state index in [0.717, 1.165) is 11.3 Å². The average Bonchev–Trinajstić information content (AvgIpc) is 3.18. The standard InChI is InChI=1S/C22H26N2O6/c1-27-17-7-5-16(6-8-17)24-13-15(11-20(24)25)22(26)23-12-14-9-18(28-2)21(30-4)19(10-14)29-3/h5-10,15H,11-13H2,1-4H3,(H,23,26). The summed E-state index contributed by atoms with van der Waals surface area (Å²) in [5.74, 6) is 1.57. The first-order chi connectivity index (χ1) is 14.5. The number of amides is 2. The normalized spacial score (nSPS) is 15.7. The predicted molar refractivity (Wildman–Crippen MR) is 111 cm³/mol. The Balaban J connectivity index is 1.65. The molecular weight excluding hydrogens is 388 g/mol. The number of ether oxygens (including phenoxy) is 4. The molecule has 1 heterocycles. The first-order valence-corrected chi connectivity index (χ1v) is 9.51. The van der Waals surface area contributed by atoms with Gasteiger partial charge in [-0.05, 0) is 42.0 Å². The number of hydrogen-bond donors (Lipinski definition) is 1. The van der Waals surface area contributed by atoms with Gasteiger partial charge in [0, 0.05) is 25.2 Å². The van der Waals surface area contributed by atoms with Crippen LogP contribution in [0.5, 0.6) is 23.0 Å². The maximum Gasteiger partial charge on any atom is 0.227 e. The van der Waals surface area contributed by atoms with Gasteiger partial charge in [0.05, 0.1) is 34.4 Å². The molecule has 0 aromatic heterocycles. The third-order valence-corrected chi connectivity index (χ3v) is 5.07. The monoisotopic (exact) mass is 414 g/mol. The second-order valence-electron chi connectivity index (χ2n) is 6.85. The van der Waals surface area contributed by atoms with E-state index in [9.17, 15) is 9.59 Å². The summed E-state index contributed by atoms with van der Waals surface area (Å²) >= 11 is 0. The van der Waals surface area contributed by atoms with Gasteiger partial charge in [0.25, 0.3) is 0 Å². The van der Waals surface area contributed by atoms with Crippen molar-refractivity contribution in [1.82, 2.24) is 5.32 Å². The van der Waals surface area contributed by atoms with Gasteiger partial charge in [-0.1, -0.05) is 0 Å². The molecule has 1 aliphatic heterocycles. The fourth-order valence-corrected chi connectivity index (χ4v) is 3.47. The molecule has 2 amide bonds. The van der Waals surface area contributed by atoms with Crippen molar-refractivity contribution in [1.29, 1.82) is 0 Å². The maximum atomic E-state index is 12.7. The summed E-state index contributed by atoms with van der Waals surface area (Å²) < 4.78 is 21.1. The molecule has 2 aromatic rings. The van der Waals surface area contributed by atoms with Gasteiger partial charge in [0.2, 0.25) is 17.6 Å². The van der Waals surface area contributed by atoms with Gasteiger partial charge in [-0.25, -0.2) is 0 Å². The molecule has 0 spiro atoms. The fourth-order valence-electron chi connectivity index (χ4n) is 3.47. The molecule has 0 aliphatic carbocycles. The molecule has 30 heavy (non-hydrogen) atoms. The van der Waals surface area contributed by atoms with Gasteiger partial charge in [0.1, 0.15) is 5.75 Å². The molecular formula is C22H26N2O6. The summed E-state index contributed by atoms with van der Waals surface area (Å²) in [6.45, 7) is 0.620. The molecule has 1 atom stereocenters. The van der Waals surface area contributed by atoms with Gasteiger partial charge >= 0.3 is 0 Å². The second kappa shape index (κ2) is 9.39. The Bertz CT molecular complexity index is 887. The number of anilines is 1. The summed E-state index contributed by atoms with van der Waals surface area (Å²) in [5.41, 5.74) is 1.55. The molecule has 1 unspecified atom stereocenters. The second-order valence-corrected chi connectivity index (χ2v) is 6.85. The molecule has 8 heteroatoms. The Morgan fingerprint density at radius 3 is 2.17 bits per heavy atom. The molecule has 1 fully saturated rings. The SMILES string of the molecule is COc1ccc(N2CC(C(=O)NCc3cc(OC)c(OC)c(OC)c3)CC2=O)cc1. The van der Waals surface area contributed by atoms with E-state index >= 15 is 0 Å². The number of nitrogens with zero attached hydrogens (tertiary/aromatic N) is 1. The molecule has 3 rings (SSSR count). The molecule has 1 N–H and O–H groups in total. The lowest BCUT2D eigenvalue weighted by atomic mass is 10.1. The van der Waals surface area contributed by atoms with Crippen molar-refractivity contribution in [3.8, 4) is 23.0 Å². The lowest BCUT2D eigenvalue weighted by Gasteiger charge is -2.17. The number of carbonyl (C=O) groups excluding carboxylic acids is 2. The van der Waals surface area contributed by atoms with Crippen LogP contribution < -0.4 is 29.2 Å². The number of rotatable bonds is 8. The summed E-state index contributed by atoms with van der Waals surface area (Å²) in [4.78, 5) is 26.7. The summed E-state index contributed by atoms with van der Waals surface area (Å²) in [6, 6.07) is 10.8. The highest BCUT2D eigenvalue weighted by atomic mass is 16.5. The summed E-state index contributed by atoms with van der Waals surface area (Å²) in [6.07, 6.45) is 0.174. The molecule has 1 aliphatic rings. The maximum absolute atomic E-state index is 12.7. The third-order valence-electron chi connectivity index (χ3n) is 5.07. The van der Waals surface area contributed by atoms with E-state index in [1.807, 2.05) is 12.1 Å². The summed E-state index contributed by atoms with van der Waals surface area (Å²) in [7, 11) is 6.20. The highest BCUT2D eigenvalue weighted by Crippen LogP contribution is 2.38. The number of hydrogen-bond acceptors (Lipinski definition) is 6. The zero-order chi connectivity index (χ0) is 21.7. The van der Waals surface area contributed by atoms with Crippen LogP contribution in [0.4, 0.5) is 5.69 Å². The van der Waals surface area contributed by atoms with Crippen LogP contribution in [-0.4, -0.2) is 46.8 Å². The largest absolute Gasteiger partial charge is 0.497 e. The molecule has 0 radical (unpaired) electrons. The Kier molecular flexibility index (Phi) is 6.66. The number of nitrogens with one attached hydrogen (secondary N) is 1. The number of benzene rings is 2. The molecule has 160 valence electrons. The lowest BCUT2D eigenvalue weighted by Crippen LogP contribution is -2.32. The minimum atomic E-state index is -0.415. The van der Waals surface area contributed by atoms with Crippen molar-refractivity contribution in [2.45, 2.75) is 13.0 Å². The van der Waals surface area contributed by atoms with E-state index in [1.165, 1.54) is 21.3 Å². The average molecular weight is 414 g/mol. The highest BCUT2D eigenvalue weighted by molar-refractivity contribution is 6.00. The Morgan fingerprint density at radius 2 is 1.63 bits per heavy atom. The zero-order valence-corrected chi connectivity index (χ0v) is 17.6.